The fourth-order valence-corrected chi connectivity index (χ4v) is 4.15. The number of esters is 2. The maximum absolute atomic E-state index is 11.3. The van der Waals surface area contributed by atoms with Gasteiger partial charge in [-0.05, 0) is 12.8 Å². The molecule has 0 aromatic rings. The first-order valence-corrected chi connectivity index (χ1v) is 6.72. The average Bonchev–Trinajstić information content (AvgIpc) is 2.97. The highest BCUT2D eigenvalue weighted by molar-refractivity contribution is 5.73. The lowest BCUT2D eigenvalue weighted by molar-refractivity contribution is -0.148. The Labute approximate surface area is 105 Å². The number of carbonyl (C=O) groups is 2. The van der Waals surface area contributed by atoms with Crippen LogP contribution in [0.25, 0.3) is 0 Å². The van der Waals surface area contributed by atoms with E-state index in [-0.39, 0.29) is 23.1 Å². The Balaban J connectivity index is 1.51. The third-order valence-electron chi connectivity index (χ3n) is 4.87. The lowest BCUT2D eigenvalue weighted by atomic mass is 9.86. The summed E-state index contributed by atoms with van der Waals surface area (Å²) in [5.74, 6) is -0.114. The molecular formula is C14H16O4. The summed E-state index contributed by atoms with van der Waals surface area (Å²) in [5, 5.41) is 0. The maximum atomic E-state index is 11.3. The van der Waals surface area contributed by atoms with Crippen molar-refractivity contribution in [2.75, 3.05) is 0 Å². The van der Waals surface area contributed by atoms with Crippen molar-refractivity contribution in [1.29, 1.82) is 0 Å². The summed E-state index contributed by atoms with van der Waals surface area (Å²) in [7, 11) is 0. The molecule has 96 valence electrons. The molecule has 4 nitrogen and oxygen atoms in total. The van der Waals surface area contributed by atoms with Crippen LogP contribution in [0.2, 0.25) is 0 Å². The van der Waals surface area contributed by atoms with Gasteiger partial charge in [0.25, 0.3) is 0 Å². The van der Waals surface area contributed by atoms with Gasteiger partial charge in [0.05, 0.1) is 0 Å². The molecule has 2 aliphatic heterocycles. The van der Waals surface area contributed by atoms with Crippen LogP contribution < -0.4 is 0 Å². The third kappa shape index (κ3) is 1.38. The lowest BCUT2D eigenvalue weighted by Crippen LogP contribution is -2.31. The monoisotopic (exact) mass is 248 g/mol. The normalized spacial score (nSPS) is 31.3. The van der Waals surface area contributed by atoms with E-state index < -0.39 is 0 Å². The SMILES string of the molecule is O=C1CCC2(CC3=C(C2)CC2(CCC(=O)O2)C3)O1. The molecule has 0 aromatic carbocycles. The van der Waals surface area contributed by atoms with Crippen LogP contribution >= 0.6 is 0 Å². The van der Waals surface area contributed by atoms with Crippen LogP contribution in [0.1, 0.15) is 51.4 Å². The van der Waals surface area contributed by atoms with E-state index in [1.165, 1.54) is 11.1 Å². The second kappa shape index (κ2) is 3.16. The van der Waals surface area contributed by atoms with Gasteiger partial charge in [-0.3, -0.25) is 9.59 Å². The molecule has 0 aromatic heterocycles. The fraction of sp³-hybridized carbons (Fsp3) is 0.714. The standard InChI is InChI=1S/C14H16O4/c15-11-1-3-13(17-11)5-9-7-14(8-10(9)6-13)4-2-12(16)18-14/h1-8H2. The molecular weight excluding hydrogens is 232 g/mol. The molecule has 0 radical (unpaired) electrons. The first-order chi connectivity index (χ1) is 8.58. The largest absolute Gasteiger partial charge is 0.458 e. The van der Waals surface area contributed by atoms with Gasteiger partial charge in [0.2, 0.25) is 0 Å². The van der Waals surface area contributed by atoms with Gasteiger partial charge in [-0.2, -0.15) is 0 Å². The molecule has 0 unspecified atom stereocenters. The predicted octanol–water partition coefficient (Wildman–Crippen LogP) is 2.02. The molecule has 0 bridgehead atoms. The molecule has 4 heteroatoms. The van der Waals surface area contributed by atoms with E-state index in [2.05, 4.69) is 0 Å². The number of ether oxygens (including phenoxy) is 2. The zero-order valence-electron chi connectivity index (χ0n) is 10.3. The van der Waals surface area contributed by atoms with Crippen molar-refractivity contribution in [3.63, 3.8) is 0 Å². The zero-order chi connectivity index (χ0) is 12.4. The zero-order valence-corrected chi connectivity index (χ0v) is 10.3. The van der Waals surface area contributed by atoms with E-state index >= 15 is 0 Å². The van der Waals surface area contributed by atoms with Gasteiger partial charge in [0.15, 0.2) is 0 Å². The van der Waals surface area contributed by atoms with Crippen LogP contribution in [-0.2, 0) is 19.1 Å². The second-order valence-corrected chi connectivity index (χ2v) is 6.23. The summed E-state index contributed by atoms with van der Waals surface area (Å²) in [4.78, 5) is 22.6. The summed E-state index contributed by atoms with van der Waals surface area (Å²) in [5.41, 5.74) is 2.32. The van der Waals surface area contributed by atoms with Gasteiger partial charge in [-0.1, -0.05) is 11.1 Å². The highest BCUT2D eigenvalue weighted by Gasteiger charge is 2.54. The maximum Gasteiger partial charge on any atom is 0.306 e. The number of carbonyl (C=O) groups excluding carboxylic acids is 2. The molecule has 0 amide bonds. The lowest BCUT2D eigenvalue weighted by Gasteiger charge is -2.28. The third-order valence-corrected chi connectivity index (χ3v) is 4.87. The van der Waals surface area contributed by atoms with Gasteiger partial charge >= 0.3 is 11.9 Å². The summed E-state index contributed by atoms with van der Waals surface area (Å²) in [6.07, 6.45) is 6.29. The van der Waals surface area contributed by atoms with Crippen LogP contribution in [0.5, 0.6) is 0 Å². The van der Waals surface area contributed by atoms with E-state index in [0.29, 0.717) is 12.8 Å². The number of hydrogen-bond acceptors (Lipinski definition) is 4. The average molecular weight is 248 g/mol. The highest BCUT2D eigenvalue weighted by Crippen LogP contribution is 2.55. The van der Waals surface area contributed by atoms with Crippen molar-refractivity contribution >= 4 is 11.9 Å². The molecule has 0 atom stereocenters. The van der Waals surface area contributed by atoms with E-state index in [4.69, 9.17) is 9.47 Å². The molecule has 2 saturated heterocycles. The molecule has 4 rings (SSSR count). The van der Waals surface area contributed by atoms with E-state index in [9.17, 15) is 9.59 Å². The minimum Gasteiger partial charge on any atom is -0.458 e. The topological polar surface area (TPSA) is 52.6 Å². The minimum atomic E-state index is -0.230. The van der Waals surface area contributed by atoms with E-state index in [0.717, 1.165) is 38.5 Å². The van der Waals surface area contributed by atoms with Gasteiger partial charge < -0.3 is 9.47 Å². The van der Waals surface area contributed by atoms with Gasteiger partial charge in [-0.15, -0.1) is 0 Å². The quantitative estimate of drug-likeness (QED) is 0.486. The van der Waals surface area contributed by atoms with Crippen LogP contribution in [0.3, 0.4) is 0 Å². The van der Waals surface area contributed by atoms with Crippen LogP contribution in [0, 0.1) is 0 Å². The van der Waals surface area contributed by atoms with Crippen LogP contribution in [-0.4, -0.2) is 23.1 Å². The summed E-state index contributed by atoms with van der Waals surface area (Å²) in [6, 6.07) is 0. The Morgan fingerprint density at radius 1 is 0.722 bits per heavy atom. The minimum absolute atomic E-state index is 0.0572. The summed E-state index contributed by atoms with van der Waals surface area (Å²) in [6.45, 7) is 0. The van der Waals surface area contributed by atoms with Crippen molar-refractivity contribution in [2.45, 2.75) is 62.6 Å². The summed E-state index contributed by atoms with van der Waals surface area (Å²) < 4.78 is 11.1. The molecule has 2 spiro atoms. The Morgan fingerprint density at radius 3 is 1.39 bits per heavy atom. The molecule has 2 heterocycles. The molecule has 0 N–H and O–H groups in total. The molecule has 18 heavy (non-hydrogen) atoms. The first kappa shape index (κ1) is 10.6. The van der Waals surface area contributed by atoms with Crippen molar-refractivity contribution in [1.82, 2.24) is 0 Å². The van der Waals surface area contributed by atoms with Crippen molar-refractivity contribution in [2.24, 2.45) is 0 Å². The molecule has 2 aliphatic carbocycles. The van der Waals surface area contributed by atoms with Gasteiger partial charge in [-0.25, -0.2) is 0 Å². The van der Waals surface area contributed by atoms with Gasteiger partial charge in [0, 0.05) is 38.5 Å². The first-order valence-electron chi connectivity index (χ1n) is 6.72. The molecule has 0 saturated carbocycles. The van der Waals surface area contributed by atoms with Crippen LogP contribution in [0.4, 0.5) is 0 Å². The fourth-order valence-electron chi connectivity index (χ4n) is 4.15. The predicted molar refractivity (Wildman–Crippen MR) is 61.6 cm³/mol. The van der Waals surface area contributed by atoms with E-state index in [1.54, 1.807) is 0 Å². The molecule has 4 aliphatic rings. The highest BCUT2D eigenvalue weighted by atomic mass is 16.6. The van der Waals surface area contributed by atoms with Gasteiger partial charge in [0.1, 0.15) is 11.2 Å². The van der Waals surface area contributed by atoms with Crippen LogP contribution in [0.15, 0.2) is 11.1 Å². The van der Waals surface area contributed by atoms with Crippen molar-refractivity contribution in [3.05, 3.63) is 11.1 Å². The van der Waals surface area contributed by atoms with E-state index in [1.807, 2.05) is 0 Å². The number of hydrogen-bond donors (Lipinski definition) is 0. The Bertz CT molecular complexity index is 428. The van der Waals surface area contributed by atoms with Crippen molar-refractivity contribution < 1.29 is 19.1 Å². The Kier molecular flexibility index (Phi) is 1.86. The Morgan fingerprint density at radius 2 is 1.11 bits per heavy atom. The smallest absolute Gasteiger partial charge is 0.306 e. The van der Waals surface area contributed by atoms with Crippen molar-refractivity contribution in [3.8, 4) is 0 Å². The summed E-state index contributed by atoms with van der Waals surface area (Å²) >= 11 is 0. The second-order valence-electron chi connectivity index (χ2n) is 6.23. The Hall–Kier alpha value is -1.32. The number of rotatable bonds is 0. The molecule has 2 fully saturated rings.